The van der Waals surface area contributed by atoms with Gasteiger partial charge in [0.2, 0.25) is 5.91 Å². The van der Waals surface area contributed by atoms with Crippen molar-refractivity contribution >= 4 is 17.2 Å². The summed E-state index contributed by atoms with van der Waals surface area (Å²) in [6.07, 6.45) is 0.789. The number of fused-ring (bicyclic) bond motifs is 1. The number of aryl methyl sites for hydroxylation is 1. The fourth-order valence-electron chi connectivity index (χ4n) is 4.68. The highest BCUT2D eigenvalue weighted by molar-refractivity contribution is 7.09. The Morgan fingerprint density at radius 2 is 2.00 bits per heavy atom. The van der Waals surface area contributed by atoms with Crippen LogP contribution in [0.1, 0.15) is 23.3 Å². The average molecular weight is 431 g/mol. The summed E-state index contributed by atoms with van der Waals surface area (Å²) in [5.74, 6) is 2.40. The van der Waals surface area contributed by atoms with Gasteiger partial charge in [-0.05, 0) is 60.7 Å². The standard InChI is InChI=1S/C23H30N2O4S/c1-15-6-18(28-2)10-19(7-15)29-22-9-17-13-25(12-16(17)8-21(22)26)14-23(27)24-11-20-4-3-5-30-20/h3-7,10,16-17,21-22,26H,8-9,11-14H2,1-2H3,(H,24,27)/t16-,17+,21+,22+/m0/s1. The summed E-state index contributed by atoms with van der Waals surface area (Å²) in [5, 5.41) is 15.7. The molecule has 1 amide bonds. The zero-order chi connectivity index (χ0) is 21.1. The number of likely N-dealkylation sites (tertiary alicyclic amines) is 1. The molecule has 0 radical (unpaired) electrons. The van der Waals surface area contributed by atoms with Crippen LogP contribution in [-0.2, 0) is 11.3 Å². The van der Waals surface area contributed by atoms with Crippen molar-refractivity contribution in [2.24, 2.45) is 11.8 Å². The van der Waals surface area contributed by atoms with E-state index >= 15 is 0 Å². The number of aliphatic hydroxyl groups excluding tert-OH is 1. The summed E-state index contributed by atoms with van der Waals surface area (Å²) in [6.45, 7) is 4.74. The predicted molar refractivity (Wildman–Crippen MR) is 117 cm³/mol. The lowest BCUT2D eigenvalue weighted by atomic mass is 9.78. The molecule has 162 valence electrons. The van der Waals surface area contributed by atoms with Crippen LogP contribution < -0.4 is 14.8 Å². The summed E-state index contributed by atoms with van der Waals surface area (Å²) in [4.78, 5) is 15.7. The third-order valence-electron chi connectivity index (χ3n) is 6.12. The molecule has 7 heteroatoms. The molecule has 6 nitrogen and oxygen atoms in total. The number of amides is 1. The average Bonchev–Trinajstić information content (AvgIpc) is 3.35. The molecule has 2 fully saturated rings. The highest BCUT2D eigenvalue weighted by atomic mass is 32.1. The van der Waals surface area contributed by atoms with Crippen LogP contribution in [0.5, 0.6) is 11.5 Å². The molecule has 4 rings (SSSR count). The molecule has 1 saturated heterocycles. The molecule has 2 aliphatic rings. The van der Waals surface area contributed by atoms with E-state index in [0.717, 1.165) is 41.4 Å². The molecular formula is C23H30N2O4S. The Kier molecular flexibility index (Phi) is 6.61. The van der Waals surface area contributed by atoms with E-state index in [1.54, 1.807) is 18.4 Å². The fourth-order valence-corrected chi connectivity index (χ4v) is 5.32. The summed E-state index contributed by atoms with van der Waals surface area (Å²) in [5.41, 5.74) is 1.06. The minimum Gasteiger partial charge on any atom is -0.497 e. The first-order valence-corrected chi connectivity index (χ1v) is 11.4. The zero-order valence-electron chi connectivity index (χ0n) is 17.5. The number of rotatable bonds is 7. The van der Waals surface area contributed by atoms with E-state index in [9.17, 15) is 9.90 Å². The number of methoxy groups -OCH3 is 1. The Labute approximate surface area is 181 Å². The predicted octanol–water partition coefficient (Wildman–Crippen LogP) is 2.83. The van der Waals surface area contributed by atoms with Crippen LogP contribution in [0.3, 0.4) is 0 Å². The maximum Gasteiger partial charge on any atom is 0.234 e. The van der Waals surface area contributed by atoms with Gasteiger partial charge in [0.1, 0.15) is 17.6 Å². The van der Waals surface area contributed by atoms with Crippen LogP contribution in [0.4, 0.5) is 0 Å². The normalized spacial score (nSPS) is 26.2. The second-order valence-electron chi connectivity index (χ2n) is 8.45. The van der Waals surface area contributed by atoms with Gasteiger partial charge in [-0.25, -0.2) is 0 Å². The van der Waals surface area contributed by atoms with Crippen molar-refractivity contribution < 1.29 is 19.4 Å². The van der Waals surface area contributed by atoms with Gasteiger partial charge in [0.15, 0.2) is 0 Å². The monoisotopic (exact) mass is 430 g/mol. The molecule has 0 bridgehead atoms. The Balaban J connectivity index is 1.30. The largest absolute Gasteiger partial charge is 0.497 e. The summed E-state index contributed by atoms with van der Waals surface area (Å²) < 4.78 is 11.5. The first-order chi connectivity index (χ1) is 14.5. The molecule has 2 aromatic rings. The molecule has 2 N–H and O–H groups in total. The van der Waals surface area contributed by atoms with Gasteiger partial charge in [-0.3, -0.25) is 9.69 Å². The van der Waals surface area contributed by atoms with Crippen molar-refractivity contribution in [2.45, 2.75) is 38.5 Å². The molecule has 1 aromatic heterocycles. The van der Waals surface area contributed by atoms with Gasteiger partial charge in [-0.1, -0.05) is 6.07 Å². The SMILES string of the molecule is COc1cc(C)cc(O[C@@H]2C[C@@H]3CN(CC(=O)NCc4cccs4)C[C@@H]3C[C@H]2O)c1. The van der Waals surface area contributed by atoms with Crippen LogP contribution in [0.25, 0.3) is 0 Å². The fraction of sp³-hybridized carbons (Fsp3) is 0.522. The van der Waals surface area contributed by atoms with Crippen molar-refractivity contribution in [1.29, 1.82) is 0 Å². The summed E-state index contributed by atoms with van der Waals surface area (Å²) >= 11 is 1.65. The highest BCUT2D eigenvalue weighted by Gasteiger charge is 2.43. The molecule has 1 aliphatic carbocycles. The molecule has 2 heterocycles. The highest BCUT2D eigenvalue weighted by Crippen LogP contribution is 2.38. The van der Waals surface area contributed by atoms with E-state index in [2.05, 4.69) is 10.2 Å². The van der Waals surface area contributed by atoms with Crippen LogP contribution in [0, 0.1) is 18.8 Å². The molecule has 0 unspecified atom stereocenters. The van der Waals surface area contributed by atoms with Crippen LogP contribution in [0.15, 0.2) is 35.7 Å². The van der Waals surface area contributed by atoms with Crippen molar-refractivity contribution in [2.75, 3.05) is 26.7 Å². The topological polar surface area (TPSA) is 71.0 Å². The van der Waals surface area contributed by atoms with Crippen LogP contribution in [-0.4, -0.2) is 54.9 Å². The van der Waals surface area contributed by atoms with E-state index in [0.29, 0.717) is 31.3 Å². The number of carbonyl (C=O) groups is 1. The van der Waals surface area contributed by atoms with Gasteiger partial charge < -0.3 is 19.9 Å². The quantitative estimate of drug-likeness (QED) is 0.707. The number of nitrogens with one attached hydrogen (secondary N) is 1. The first-order valence-electron chi connectivity index (χ1n) is 10.5. The number of hydrogen-bond donors (Lipinski definition) is 2. The summed E-state index contributed by atoms with van der Waals surface area (Å²) in [6, 6.07) is 9.82. The molecule has 30 heavy (non-hydrogen) atoms. The van der Waals surface area contributed by atoms with Crippen molar-refractivity contribution in [3.63, 3.8) is 0 Å². The zero-order valence-corrected chi connectivity index (χ0v) is 18.4. The number of ether oxygens (including phenoxy) is 2. The first kappa shape index (κ1) is 21.2. The molecule has 0 spiro atoms. The van der Waals surface area contributed by atoms with Gasteiger partial charge in [0.25, 0.3) is 0 Å². The van der Waals surface area contributed by atoms with E-state index < -0.39 is 6.10 Å². The van der Waals surface area contributed by atoms with Crippen molar-refractivity contribution in [3.05, 3.63) is 46.2 Å². The molecular weight excluding hydrogens is 400 g/mol. The lowest BCUT2D eigenvalue weighted by molar-refractivity contribution is -0.122. The van der Waals surface area contributed by atoms with E-state index in [1.807, 2.05) is 42.6 Å². The maximum absolute atomic E-state index is 12.3. The van der Waals surface area contributed by atoms with E-state index in [4.69, 9.17) is 9.47 Å². The number of thiophene rings is 1. The maximum atomic E-state index is 12.3. The van der Waals surface area contributed by atoms with Crippen molar-refractivity contribution in [3.8, 4) is 11.5 Å². The third-order valence-corrected chi connectivity index (χ3v) is 6.99. The lowest BCUT2D eigenvalue weighted by Crippen LogP contribution is -2.42. The molecule has 1 aromatic carbocycles. The molecule has 4 atom stereocenters. The Hall–Kier alpha value is -2.09. The minimum absolute atomic E-state index is 0.0576. The number of carbonyl (C=O) groups excluding carboxylic acids is 1. The number of aliphatic hydroxyl groups is 1. The van der Waals surface area contributed by atoms with Gasteiger partial charge in [0.05, 0.1) is 26.3 Å². The minimum atomic E-state index is -0.495. The van der Waals surface area contributed by atoms with E-state index in [1.165, 1.54) is 0 Å². The van der Waals surface area contributed by atoms with E-state index in [-0.39, 0.29) is 12.0 Å². The number of hydrogen-bond acceptors (Lipinski definition) is 6. The third kappa shape index (κ3) is 5.14. The van der Waals surface area contributed by atoms with Gasteiger partial charge in [-0.15, -0.1) is 11.3 Å². The Morgan fingerprint density at radius 3 is 2.73 bits per heavy atom. The second kappa shape index (κ2) is 9.37. The molecule has 1 saturated carbocycles. The number of nitrogens with zero attached hydrogens (tertiary/aromatic N) is 1. The van der Waals surface area contributed by atoms with Gasteiger partial charge in [0, 0.05) is 24.0 Å². The van der Waals surface area contributed by atoms with Gasteiger partial charge >= 0.3 is 0 Å². The van der Waals surface area contributed by atoms with Crippen LogP contribution >= 0.6 is 11.3 Å². The Bertz CT molecular complexity index is 857. The lowest BCUT2D eigenvalue weighted by Gasteiger charge is -2.35. The van der Waals surface area contributed by atoms with Gasteiger partial charge in [-0.2, -0.15) is 0 Å². The molecule has 1 aliphatic heterocycles. The van der Waals surface area contributed by atoms with Crippen molar-refractivity contribution in [1.82, 2.24) is 10.2 Å². The Morgan fingerprint density at radius 1 is 1.23 bits per heavy atom. The van der Waals surface area contributed by atoms with Crippen LogP contribution in [0.2, 0.25) is 0 Å². The number of benzene rings is 1. The smallest absolute Gasteiger partial charge is 0.234 e. The summed E-state index contributed by atoms with van der Waals surface area (Å²) in [7, 11) is 1.64. The second-order valence-corrected chi connectivity index (χ2v) is 9.48.